The van der Waals surface area contributed by atoms with Crippen LogP contribution in [-0.2, 0) is 0 Å². The summed E-state index contributed by atoms with van der Waals surface area (Å²) in [4.78, 5) is 8.64. The number of pyridine rings is 1. The zero-order chi connectivity index (χ0) is 21.4. The molecule has 0 unspecified atom stereocenters. The number of fused-ring (bicyclic) bond motifs is 1. The summed E-state index contributed by atoms with van der Waals surface area (Å²) in [7, 11) is 0. The van der Waals surface area contributed by atoms with Crippen LogP contribution in [0, 0.1) is 0 Å². The van der Waals surface area contributed by atoms with Crippen molar-refractivity contribution in [2.75, 3.05) is 0 Å². The van der Waals surface area contributed by atoms with Crippen molar-refractivity contribution in [3.05, 3.63) is 94.3 Å². The molecule has 0 spiro atoms. The maximum Gasteiger partial charge on any atom is 0.133 e. The summed E-state index contributed by atoms with van der Waals surface area (Å²) in [6.07, 6.45) is 3.39. The largest absolute Gasteiger partial charge is 0.485 e. The van der Waals surface area contributed by atoms with Crippen molar-refractivity contribution in [1.82, 2.24) is 14.5 Å². The van der Waals surface area contributed by atoms with E-state index < -0.39 is 0 Å². The standard InChI is InChI=1S/C24H17Cl2N3OS/c1-15(19-4-2-3-5-20(19)25)30-18-12-24(31-13-18)29-14-28-21-10-16(6-7-22(21)29)17-8-9-27-23(26)11-17/h2-15H,1H3/t15-/m1/s1. The molecule has 3 aromatic heterocycles. The molecule has 0 saturated carbocycles. The van der Waals surface area contributed by atoms with Crippen molar-refractivity contribution in [3.8, 4) is 21.9 Å². The van der Waals surface area contributed by atoms with E-state index in [0.717, 1.165) is 38.5 Å². The van der Waals surface area contributed by atoms with Crippen LogP contribution in [0.15, 0.2) is 78.6 Å². The maximum atomic E-state index is 6.30. The molecule has 0 amide bonds. The van der Waals surface area contributed by atoms with Crippen LogP contribution in [0.2, 0.25) is 10.2 Å². The molecule has 0 fully saturated rings. The Hall–Kier alpha value is -2.86. The summed E-state index contributed by atoms with van der Waals surface area (Å²) in [5, 5.41) is 4.21. The van der Waals surface area contributed by atoms with Gasteiger partial charge in [0, 0.05) is 28.2 Å². The van der Waals surface area contributed by atoms with Gasteiger partial charge >= 0.3 is 0 Å². The van der Waals surface area contributed by atoms with Gasteiger partial charge in [0.2, 0.25) is 0 Å². The highest BCUT2D eigenvalue weighted by atomic mass is 35.5. The summed E-state index contributed by atoms with van der Waals surface area (Å²) >= 11 is 13.9. The second kappa shape index (κ2) is 8.35. The molecule has 4 nitrogen and oxygen atoms in total. The van der Waals surface area contributed by atoms with Crippen molar-refractivity contribution < 1.29 is 4.74 Å². The third-order valence-corrected chi connectivity index (χ3v) is 6.52. The lowest BCUT2D eigenvalue weighted by Gasteiger charge is -2.15. The Kier molecular flexibility index (Phi) is 5.40. The highest BCUT2D eigenvalue weighted by Crippen LogP contribution is 2.33. The van der Waals surface area contributed by atoms with E-state index >= 15 is 0 Å². The fraction of sp³-hybridized carbons (Fsp3) is 0.0833. The van der Waals surface area contributed by atoms with Crippen molar-refractivity contribution in [2.24, 2.45) is 0 Å². The Morgan fingerprint density at radius 1 is 0.968 bits per heavy atom. The van der Waals surface area contributed by atoms with Crippen LogP contribution in [0.4, 0.5) is 0 Å². The highest BCUT2D eigenvalue weighted by Gasteiger charge is 2.14. The van der Waals surface area contributed by atoms with Crippen LogP contribution in [0.25, 0.3) is 27.2 Å². The number of benzene rings is 2. The lowest BCUT2D eigenvalue weighted by Crippen LogP contribution is -2.03. The van der Waals surface area contributed by atoms with E-state index in [1.54, 1.807) is 17.5 Å². The third-order valence-electron chi connectivity index (χ3n) is 5.06. The molecule has 31 heavy (non-hydrogen) atoms. The first kappa shape index (κ1) is 20.1. The Labute approximate surface area is 193 Å². The first-order chi connectivity index (χ1) is 15.1. The number of hydrogen-bond donors (Lipinski definition) is 0. The van der Waals surface area contributed by atoms with Gasteiger partial charge in [0.05, 0.1) is 11.0 Å². The number of nitrogens with zero attached hydrogens (tertiary/aromatic N) is 3. The molecule has 0 saturated heterocycles. The average molecular weight is 466 g/mol. The fourth-order valence-corrected chi connectivity index (χ4v) is 4.79. The van der Waals surface area contributed by atoms with Gasteiger partial charge in [-0.05, 0) is 48.4 Å². The molecule has 0 radical (unpaired) electrons. The van der Waals surface area contributed by atoms with Crippen molar-refractivity contribution in [1.29, 1.82) is 0 Å². The molecule has 0 bridgehead atoms. The number of aromatic nitrogens is 3. The molecular formula is C24H17Cl2N3OS. The van der Waals surface area contributed by atoms with Gasteiger partial charge in [-0.15, -0.1) is 11.3 Å². The Balaban J connectivity index is 1.41. The molecule has 0 aliphatic rings. The first-order valence-corrected chi connectivity index (χ1v) is 11.3. The van der Waals surface area contributed by atoms with E-state index in [1.165, 1.54) is 0 Å². The first-order valence-electron chi connectivity index (χ1n) is 9.67. The van der Waals surface area contributed by atoms with Gasteiger partial charge in [-0.25, -0.2) is 9.97 Å². The normalized spacial score (nSPS) is 12.2. The van der Waals surface area contributed by atoms with Gasteiger partial charge in [0.15, 0.2) is 0 Å². The van der Waals surface area contributed by atoms with Crippen LogP contribution < -0.4 is 4.74 Å². The second-order valence-electron chi connectivity index (χ2n) is 7.09. The molecule has 5 aromatic rings. The third kappa shape index (κ3) is 4.04. The Morgan fingerprint density at radius 2 is 1.81 bits per heavy atom. The van der Waals surface area contributed by atoms with Gasteiger partial charge in [0.1, 0.15) is 28.3 Å². The van der Waals surface area contributed by atoms with Gasteiger partial charge in [0.25, 0.3) is 0 Å². The monoisotopic (exact) mass is 465 g/mol. The fourth-order valence-electron chi connectivity index (χ4n) is 3.52. The molecule has 5 rings (SSSR count). The summed E-state index contributed by atoms with van der Waals surface area (Å²) in [5.41, 5.74) is 4.96. The van der Waals surface area contributed by atoms with E-state index in [-0.39, 0.29) is 6.10 Å². The van der Waals surface area contributed by atoms with Crippen LogP contribution in [-0.4, -0.2) is 14.5 Å². The lowest BCUT2D eigenvalue weighted by atomic mass is 10.1. The molecule has 2 aromatic carbocycles. The molecule has 1 atom stereocenters. The molecule has 154 valence electrons. The van der Waals surface area contributed by atoms with Crippen LogP contribution in [0.3, 0.4) is 0 Å². The van der Waals surface area contributed by atoms with Crippen molar-refractivity contribution in [3.63, 3.8) is 0 Å². The highest BCUT2D eigenvalue weighted by molar-refractivity contribution is 7.12. The minimum absolute atomic E-state index is 0.148. The molecule has 7 heteroatoms. The SMILES string of the molecule is C[C@@H](Oc1csc(-n2cnc3cc(-c4ccnc(Cl)c4)ccc32)c1)c1ccccc1Cl. The lowest BCUT2D eigenvalue weighted by molar-refractivity contribution is 0.228. The second-order valence-corrected chi connectivity index (χ2v) is 8.77. The van der Waals surface area contributed by atoms with Gasteiger partial charge in [-0.1, -0.05) is 47.5 Å². The molecule has 0 N–H and O–H groups in total. The van der Waals surface area contributed by atoms with Gasteiger partial charge in [-0.3, -0.25) is 4.57 Å². The minimum Gasteiger partial charge on any atom is -0.485 e. The number of ether oxygens (including phenoxy) is 1. The zero-order valence-electron chi connectivity index (χ0n) is 16.5. The van der Waals surface area contributed by atoms with E-state index in [2.05, 4.69) is 32.7 Å². The smallest absolute Gasteiger partial charge is 0.133 e. The van der Waals surface area contributed by atoms with Crippen LogP contribution in [0.5, 0.6) is 5.75 Å². The van der Waals surface area contributed by atoms with E-state index in [4.69, 9.17) is 27.9 Å². The quantitative estimate of drug-likeness (QED) is 0.251. The summed E-state index contributed by atoms with van der Waals surface area (Å²) in [5.74, 6) is 0.803. The zero-order valence-corrected chi connectivity index (χ0v) is 18.8. The van der Waals surface area contributed by atoms with E-state index in [0.29, 0.717) is 10.2 Å². The molecular weight excluding hydrogens is 449 g/mol. The number of halogens is 2. The van der Waals surface area contributed by atoms with E-state index in [1.807, 2.05) is 61.1 Å². The Morgan fingerprint density at radius 3 is 2.65 bits per heavy atom. The Bertz CT molecular complexity index is 1380. The van der Waals surface area contributed by atoms with Crippen LogP contribution >= 0.6 is 34.5 Å². The number of rotatable bonds is 5. The van der Waals surface area contributed by atoms with Gasteiger partial charge in [-0.2, -0.15) is 0 Å². The van der Waals surface area contributed by atoms with E-state index in [9.17, 15) is 0 Å². The average Bonchev–Trinajstić information content (AvgIpc) is 3.40. The minimum atomic E-state index is -0.148. The molecule has 3 heterocycles. The predicted molar refractivity (Wildman–Crippen MR) is 128 cm³/mol. The van der Waals surface area contributed by atoms with Crippen molar-refractivity contribution >= 4 is 45.6 Å². The van der Waals surface area contributed by atoms with Crippen LogP contribution in [0.1, 0.15) is 18.6 Å². The molecule has 0 aliphatic carbocycles. The van der Waals surface area contributed by atoms with Crippen molar-refractivity contribution in [2.45, 2.75) is 13.0 Å². The number of thiophene rings is 1. The maximum absolute atomic E-state index is 6.30. The number of hydrogen-bond acceptors (Lipinski definition) is 4. The predicted octanol–water partition coefficient (Wildman–Crippen LogP) is 7.60. The summed E-state index contributed by atoms with van der Waals surface area (Å²) in [6, 6.07) is 19.7. The van der Waals surface area contributed by atoms with Gasteiger partial charge < -0.3 is 4.74 Å². The molecule has 0 aliphatic heterocycles. The number of imidazole rings is 1. The summed E-state index contributed by atoms with van der Waals surface area (Å²) in [6.45, 7) is 2.00. The topological polar surface area (TPSA) is 39.9 Å². The summed E-state index contributed by atoms with van der Waals surface area (Å²) < 4.78 is 8.20.